The van der Waals surface area contributed by atoms with E-state index in [1.54, 1.807) is 6.92 Å². The van der Waals surface area contributed by atoms with Gasteiger partial charge >= 0.3 is 0 Å². The van der Waals surface area contributed by atoms with Crippen LogP contribution in [0.2, 0.25) is 0 Å². The zero-order valence-corrected chi connectivity index (χ0v) is 13.3. The Morgan fingerprint density at radius 3 is 2.25 bits per heavy atom. The Bertz CT molecular complexity index is 625. The highest BCUT2D eigenvalue weighted by Crippen LogP contribution is 2.15. The molecule has 20 heavy (non-hydrogen) atoms. The Kier molecular flexibility index (Phi) is 6.41. The first-order valence-corrected chi connectivity index (χ1v) is 9.79. The number of sulfonamides is 1. The third-order valence-corrected chi connectivity index (χ3v) is 5.06. The summed E-state index contributed by atoms with van der Waals surface area (Å²) in [6.45, 7) is 2.46. The molecular weight excluding hydrogens is 326 g/mol. The number of ether oxygens (including phenoxy) is 1. The average Bonchev–Trinajstić information content (AvgIpc) is 2.36. The van der Waals surface area contributed by atoms with E-state index in [4.69, 9.17) is 15.4 Å². The molecule has 1 rings (SSSR count). The molecule has 1 aromatic carbocycles. The van der Waals surface area contributed by atoms with Crippen LogP contribution in [0.1, 0.15) is 12.5 Å². The molecule has 0 bridgehead atoms. The molecule has 0 aliphatic carbocycles. The molecule has 1 N–H and O–H groups in total. The molecule has 0 atom stereocenters. The molecular formula is C11H16ClNO5S2. The Labute approximate surface area is 123 Å². The molecule has 6 nitrogen and oxygen atoms in total. The van der Waals surface area contributed by atoms with E-state index < -0.39 is 19.1 Å². The number of halogens is 1. The van der Waals surface area contributed by atoms with Gasteiger partial charge in [-0.1, -0.05) is 12.1 Å². The van der Waals surface area contributed by atoms with Crippen molar-refractivity contribution >= 4 is 29.8 Å². The predicted molar refractivity (Wildman–Crippen MR) is 76.6 cm³/mol. The summed E-state index contributed by atoms with van der Waals surface area (Å²) in [6.07, 6.45) is 0. The molecule has 0 amide bonds. The van der Waals surface area contributed by atoms with Gasteiger partial charge in [0.05, 0.1) is 17.3 Å². The minimum absolute atomic E-state index is 0.0258. The quantitative estimate of drug-likeness (QED) is 0.564. The van der Waals surface area contributed by atoms with Gasteiger partial charge in [0.2, 0.25) is 10.0 Å². The van der Waals surface area contributed by atoms with Gasteiger partial charge in [0.25, 0.3) is 9.05 Å². The molecule has 0 spiro atoms. The monoisotopic (exact) mass is 341 g/mol. The van der Waals surface area contributed by atoms with Crippen molar-refractivity contribution in [3.63, 3.8) is 0 Å². The van der Waals surface area contributed by atoms with Gasteiger partial charge in [0, 0.05) is 23.8 Å². The molecule has 114 valence electrons. The number of hydrogen-bond acceptors (Lipinski definition) is 5. The molecule has 0 aliphatic rings. The van der Waals surface area contributed by atoms with Crippen LogP contribution in [0.5, 0.6) is 0 Å². The Morgan fingerprint density at radius 1 is 1.15 bits per heavy atom. The van der Waals surface area contributed by atoms with E-state index in [0.29, 0.717) is 12.2 Å². The van der Waals surface area contributed by atoms with Crippen LogP contribution in [-0.4, -0.2) is 35.8 Å². The summed E-state index contributed by atoms with van der Waals surface area (Å²) < 4.78 is 52.7. The lowest BCUT2D eigenvalue weighted by Crippen LogP contribution is -2.28. The van der Waals surface area contributed by atoms with Crippen LogP contribution in [0.25, 0.3) is 0 Å². The maximum Gasteiger partial charge on any atom is 0.261 e. The summed E-state index contributed by atoms with van der Waals surface area (Å²) in [7, 11) is -1.99. The second kappa shape index (κ2) is 7.37. The lowest BCUT2D eigenvalue weighted by Gasteiger charge is -2.07. The van der Waals surface area contributed by atoms with Crippen LogP contribution >= 0.6 is 10.7 Å². The maximum atomic E-state index is 11.6. The van der Waals surface area contributed by atoms with Crippen molar-refractivity contribution < 1.29 is 21.6 Å². The van der Waals surface area contributed by atoms with E-state index in [-0.39, 0.29) is 23.8 Å². The lowest BCUT2D eigenvalue weighted by atomic mass is 10.2. The number of rotatable bonds is 8. The van der Waals surface area contributed by atoms with Crippen molar-refractivity contribution in [3.8, 4) is 0 Å². The van der Waals surface area contributed by atoms with E-state index in [2.05, 4.69) is 4.72 Å². The summed E-state index contributed by atoms with van der Waals surface area (Å²) in [5, 5.41) is 0. The lowest BCUT2D eigenvalue weighted by molar-refractivity contribution is 0.163. The van der Waals surface area contributed by atoms with Gasteiger partial charge in [0.1, 0.15) is 0 Å². The van der Waals surface area contributed by atoms with Crippen molar-refractivity contribution in [2.24, 2.45) is 0 Å². The van der Waals surface area contributed by atoms with E-state index in [0.717, 1.165) is 0 Å². The fraction of sp³-hybridized carbons (Fsp3) is 0.455. The van der Waals surface area contributed by atoms with Crippen molar-refractivity contribution in [1.82, 2.24) is 4.72 Å². The van der Waals surface area contributed by atoms with E-state index in [1.165, 1.54) is 24.3 Å². The van der Waals surface area contributed by atoms with Crippen LogP contribution in [-0.2, 0) is 30.4 Å². The van der Waals surface area contributed by atoms with Gasteiger partial charge in [-0.25, -0.2) is 21.6 Å². The highest BCUT2D eigenvalue weighted by atomic mass is 35.7. The third kappa shape index (κ3) is 6.19. The molecule has 0 unspecified atom stereocenters. The van der Waals surface area contributed by atoms with Gasteiger partial charge < -0.3 is 4.74 Å². The largest absolute Gasteiger partial charge is 0.381 e. The van der Waals surface area contributed by atoms with Gasteiger partial charge in [0.15, 0.2) is 0 Å². The molecule has 0 fully saturated rings. The highest BCUT2D eigenvalue weighted by molar-refractivity contribution is 8.13. The van der Waals surface area contributed by atoms with E-state index in [9.17, 15) is 16.8 Å². The Morgan fingerprint density at radius 2 is 1.75 bits per heavy atom. The first-order valence-electron chi connectivity index (χ1n) is 5.83. The Balaban J connectivity index is 2.58. The molecule has 1 aromatic rings. The fourth-order valence-corrected chi connectivity index (χ4v) is 2.99. The first kappa shape index (κ1) is 17.4. The number of nitrogens with one attached hydrogen (secondary N) is 1. The summed E-state index contributed by atoms with van der Waals surface area (Å²) in [5.41, 5.74) is 0.633. The number of benzene rings is 1. The average molecular weight is 342 g/mol. The second-order valence-corrected chi connectivity index (χ2v) is 8.41. The molecule has 0 heterocycles. The molecule has 0 aromatic heterocycles. The van der Waals surface area contributed by atoms with Crippen molar-refractivity contribution in [3.05, 3.63) is 29.8 Å². The van der Waals surface area contributed by atoms with Gasteiger partial charge in [-0.2, -0.15) is 0 Å². The molecule has 0 saturated carbocycles. The zero-order valence-electron chi connectivity index (χ0n) is 10.9. The van der Waals surface area contributed by atoms with Crippen molar-refractivity contribution in [1.29, 1.82) is 0 Å². The minimum atomic E-state index is -3.76. The molecule has 0 radical (unpaired) electrons. The summed E-state index contributed by atoms with van der Waals surface area (Å²) in [6, 6.07) is 5.65. The SMILES string of the molecule is CCOCCS(=O)(=O)NCc1ccc(S(=O)(=O)Cl)cc1. The topological polar surface area (TPSA) is 89.5 Å². The Hall–Kier alpha value is -0.670. The summed E-state index contributed by atoms with van der Waals surface area (Å²) in [4.78, 5) is -0.0258. The van der Waals surface area contributed by atoms with E-state index in [1.807, 2.05) is 0 Å². The van der Waals surface area contributed by atoms with Crippen LogP contribution in [0.4, 0.5) is 0 Å². The van der Waals surface area contributed by atoms with Crippen LogP contribution < -0.4 is 4.72 Å². The highest BCUT2D eigenvalue weighted by Gasteiger charge is 2.11. The normalized spacial score (nSPS) is 12.5. The van der Waals surface area contributed by atoms with Crippen LogP contribution in [0.3, 0.4) is 0 Å². The predicted octanol–water partition coefficient (Wildman–Crippen LogP) is 1.07. The van der Waals surface area contributed by atoms with Gasteiger partial charge in [-0.15, -0.1) is 0 Å². The molecule has 0 aliphatic heterocycles. The third-order valence-electron chi connectivity index (χ3n) is 2.40. The van der Waals surface area contributed by atoms with Crippen LogP contribution in [0.15, 0.2) is 29.2 Å². The van der Waals surface area contributed by atoms with Crippen molar-refractivity contribution in [2.45, 2.75) is 18.4 Å². The zero-order chi connectivity index (χ0) is 15.2. The fourth-order valence-electron chi connectivity index (χ4n) is 1.35. The molecule has 0 saturated heterocycles. The minimum Gasteiger partial charge on any atom is -0.381 e. The molecule has 9 heteroatoms. The van der Waals surface area contributed by atoms with Crippen molar-refractivity contribution in [2.75, 3.05) is 19.0 Å². The first-order chi connectivity index (χ1) is 9.24. The van der Waals surface area contributed by atoms with Crippen LogP contribution in [0, 0.1) is 0 Å². The summed E-state index contributed by atoms with van der Waals surface area (Å²) >= 11 is 0. The standard InChI is InChI=1S/C11H16ClNO5S2/c1-2-18-7-8-19(14,15)13-9-10-3-5-11(6-4-10)20(12,16)17/h3-6,13H,2,7-9H2,1H3. The van der Waals surface area contributed by atoms with E-state index >= 15 is 0 Å². The number of hydrogen-bond donors (Lipinski definition) is 1. The smallest absolute Gasteiger partial charge is 0.261 e. The maximum absolute atomic E-state index is 11.6. The van der Waals surface area contributed by atoms with Gasteiger partial charge in [-0.05, 0) is 24.6 Å². The van der Waals surface area contributed by atoms with Gasteiger partial charge in [-0.3, -0.25) is 0 Å². The second-order valence-electron chi connectivity index (χ2n) is 3.92. The summed E-state index contributed by atoms with van der Waals surface area (Å²) in [5.74, 6) is -0.116.